The zero-order valence-corrected chi connectivity index (χ0v) is 22.3. The van der Waals surface area contributed by atoms with Gasteiger partial charge in [0.25, 0.3) is 0 Å². The highest BCUT2D eigenvalue weighted by Crippen LogP contribution is 2.42. The van der Waals surface area contributed by atoms with Crippen LogP contribution in [0.5, 0.6) is 0 Å². The maximum Gasteiger partial charge on any atom is 0.303 e. The molecular formula is C31H29N5O5. The van der Waals surface area contributed by atoms with Crippen LogP contribution in [0.25, 0.3) is 11.2 Å². The first-order valence-electron chi connectivity index (χ1n) is 13.2. The maximum absolute atomic E-state index is 12.1. The van der Waals surface area contributed by atoms with E-state index in [1.807, 2.05) is 91.0 Å². The molecule has 2 aromatic heterocycles. The normalized spacial score (nSPS) is 20.7. The number of benzene rings is 3. The number of fused-ring (bicyclic) bond motifs is 1. The number of anilines is 1. The number of nitrogens with two attached hydrogens (primary N) is 1. The molecule has 208 valence electrons. The first kappa shape index (κ1) is 26.6. The van der Waals surface area contributed by atoms with Crippen molar-refractivity contribution >= 4 is 23.0 Å². The number of carbonyl (C=O) groups excluding carboxylic acids is 1. The number of rotatable bonds is 8. The molecule has 10 nitrogen and oxygen atoms in total. The van der Waals surface area contributed by atoms with Gasteiger partial charge in [0.05, 0.1) is 12.9 Å². The Morgan fingerprint density at radius 2 is 1.49 bits per heavy atom. The Morgan fingerprint density at radius 1 is 0.927 bits per heavy atom. The standard InChI is InChI=1S/C31H29N5O5/c1-20(37)40-27-24(41-30(26(27)38)36-19-35-25-28(32)33-18-34-29(25)36)17-39-31(21-11-5-2-6-12-21,22-13-7-3-8-14-22)23-15-9-4-10-16-23/h2-16,18-19,24,26-27,30,38H,17H2,1H3,(H2,32,33,34)/t24-,26+,27+,30-/m1/s1. The number of nitrogen functional groups attached to an aromatic ring is 1. The summed E-state index contributed by atoms with van der Waals surface area (Å²) in [4.78, 5) is 24.7. The molecule has 3 N–H and O–H groups in total. The van der Waals surface area contributed by atoms with Gasteiger partial charge in [-0.2, -0.15) is 0 Å². The molecule has 1 fully saturated rings. The molecule has 0 bridgehead atoms. The topological polar surface area (TPSA) is 135 Å². The third kappa shape index (κ3) is 4.82. The molecule has 0 radical (unpaired) electrons. The average Bonchev–Trinajstić information content (AvgIpc) is 3.56. The Bertz CT molecular complexity index is 1530. The van der Waals surface area contributed by atoms with Gasteiger partial charge in [0.2, 0.25) is 0 Å². The predicted molar refractivity (Wildman–Crippen MR) is 150 cm³/mol. The van der Waals surface area contributed by atoms with E-state index in [9.17, 15) is 9.90 Å². The molecule has 3 aromatic carbocycles. The zero-order valence-electron chi connectivity index (χ0n) is 22.3. The van der Waals surface area contributed by atoms with Gasteiger partial charge in [-0.15, -0.1) is 0 Å². The number of esters is 1. The van der Waals surface area contributed by atoms with Crippen molar-refractivity contribution in [3.8, 4) is 0 Å². The summed E-state index contributed by atoms with van der Waals surface area (Å²) in [5.41, 5.74) is 8.42. The highest BCUT2D eigenvalue weighted by atomic mass is 16.6. The minimum Gasteiger partial charge on any atom is -0.457 e. The van der Waals surface area contributed by atoms with Gasteiger partial charge in [-0.3, -0.25) is 9.36 Å². The average molecular weight is 552 g/mol. The Labute approximate surface area is 236 Å². The van der Waals surface area contributed by atoms with Crippen LogP contribution in [0.15, 0.2) is 104 Å². The monoisotopic (exact) mass is 551 g/mol. The van der Waals surface area contributed by atoms with Gasteiger partial charge in [0, 0.05) is 6.92 Å². The molecule has 0 unspecified atom stereocenters. The van der Waals surface area contributed by atoms with Crippen LogP contribution in [-0.4, -0.2) is 55.5 Å². The van der Waals surface area contributed by atoms with Crippen molar-refractivity contribution in [2.75, 3.05) is 12.3 Å². The van der Waals surface area contributed by atoms with Gasteiger partial charge >= 0.3 is 5.97 Å². The van der Waals surface area contributed by atoms with Crippen molar-refractivity contribution in [2.24, 2.45) is 0 Å². The Hall–Kier alpha value is -4.64. The number of ether oxygens (including phenoxy) is 3. The molecule has 0 spiro atoms. The van der Waals surface area contributed by atoms with Crippen LogP contribution in [0.1, 0.15) is 29.8 Å². The van der Waals surface area contributed by atoms with E-state index in [-0.39, 0.29) is 12.4 Å². The molecule has 0 aliphatic carbocycles. The number of imidazole rings is 1. The second-order valence-corrected chi connectivity index (χ2v) is 9.80. The van der Waals surface area contributed by atoms with Crippen molar-refractivity contribution in [1.82, 2.24) is 19.5 Å². The molecule has 4 atom stereocenters. The van der Waals surface area contributed by atoms with Crippen LogP contribution in [0, 0.1) is 0 Å². The number of carbonyl (C=O) groups is 1. The van der Waals surface area contributed by atoms with Crippen molar-refractivity contribution in [1.29, 1.82) is 0 Å². The summed E-state index contributed by atoms with van der Waals surface area (Å²) in [6.07, 6.45) is -1.26. The van der Waals surface area contributed by atoms with E-state index in [2.05, 4.69) is 15.0 Å². The number of aromatic nitrogens is 4. The molecule has 1 saturated heterocycles. The molecule has 0 amide bonds. The molecule has 1 aliphatic rings. The Kier molecular flexibility index (Phi) is 7.19. The zero-order chi connectivity index (χ0) is 28.4. The van der Waals surface area contributed by atoms with Gasteiger partial charge < -0.3 is 25.1 Å². The fraction of sp³-hybridized carbons (Fsp3) is 0.226. The summed E-state index contributed by atoms with van der Waals surface area (Å²) < 4.78 is 20.4. The van der Waals surface area contributed by atoms with E-state index in [1.54, 1.807) is 4.57 Å². The largest absolute Gasteiger partial charge is 0.457 e. The van der Waals surface area contributed by atoms with E-state index >= 15 is 0 Å². The van der Waals surface area contributed by atoms with E-state index in [4.69, 9.17) is 19.9 Å². The summed E-state index contributed by atoms with van der Waals surface area (Å²) in [5.74, 6) is -0.346. The quantitative estimate of drug-likeness (QED) is 0.219. The number of aliphatic hydroxyl groups is 1. The number of nitrogens with zero attached hydrogens (tertiary/aromatic N) is 4. The Morgan fingerprint density at radius 3 is 2.02 bits per heavy atom. The molecule has 1 aliphatic heterocycles. The lowest BCUT2D eigenvalue weighted by Crippen LogP contribution is -2.41. The van der Waals surface area contributed by atoms with Crippen LogP contribution in [-0.2, 0) is 24.6 Å². The summed E-state index contributed by atoms with van der Waals surface area (Å²) in [5, 5.41) is 11.4. The summed E-state index contributed by atoms with van der Waals surface area (Å²) in [6, 6.07) is 29.7. The highest BCUT2D eigenvalue weighted by molar-refractivity contribution is 5.81. The molecule has 5 aromatic rings. The van der Waals surface area contributed by atoms with Crippen LogP contribution >= 0.6 is 0 Å². The van der Waals surface area contributed by atoms with Crippen molar-refractivity contribution in [3.05, 3.63) is 120 Å². The first-order chi connectivity index (χ1) is 20.0. The lowest BCUT2D eigenvalue weighted by atomic mass is 9.80. The highest BCUT2D eigenvalue weighted by Gasteiger charge is 2.49. The number of aliphatic hydroxyl groups excluding tert-OH is 1. The lowest BCUT2D eigenvalue weighted by molar-refractivity contribution is -0.156. The smallest absolute Gasteiger partial charge is 0.303 e. The maximum atomic E-state index is 12.1. The van der Waals surface area contributed by atoms with Gasteiger partial charge in [0.15, 0.2) is 23.8 Å². The van der Waals surface area contributed by atoms with E-state index in [0.717, 1.165) is 16.7 Å². The fourth-order valence-electron chi connectivity index (χ4n) is 5.45. The van der Waals surface area contributed by atoms with Gasteiger partial charge in [-0.05, 0) is 16.7 Å². The van der Waals surface area contributed by atoms with Crippen molar-refractivity contribution < 1.29 is 24.1 Å². The van der Waals surface area contributed by atoms with Crippen LogP contribution in [0.4, 0.5) is 5.82 Å². The van der Waals surface area contributed by atoms with Gasteiger partial charge in [0.1, 0.15) is 29.7 Å². The van der Waals surface area contributed by atoms with E-state index in [0.29, 0.717) is 11.2 Å². The number of hydrogen-bond acceptors (Lipinski definition) is 9. The minimum atomic E-state index is -1.24. The Balaban J connectivity index is 1.40. The third-order valence-corrected chi connectivity index (χ3v) is 7.28. The van der Waals surface area contributed by atoms with Gasteiger partial charge in [-0.25, -0.2) is 15.0 Å². The van der Waals surface area contributed by atoms with Gasteiger partial charge in [-0.1, -0.05) is 91.0 Å². The second-order valence-electron chi connectivity index (χ2n) is 9.80. The number of hydrogen-bond donors (Lipinski definition) is 2. The molecule has 3 heterocycles. The summed E-state index contributed by atoms with van der Waals surface area (Å²) >= 11 is 0. The molecule has 10 heteroatoms. The lowest BCUT2D eigenvalue weighted by Gasteiger charge is -2.37. The van der Waals surface area contributed by atoms with Crippen LogP contribution in [0.3, 0.4) is 0 Å². The summed E-state index contributed by atoms with van der Waals surface area (Å²) in [7, 11) is 0. The van der Waals surface area contributed by atoms with Crippen molar-refractivity contribution in [2.45, 2.75) is 37.1 Å². The molecular weight excluding hydrogens is 522 g/mol. The molecule has 0 saturated carbocycles. The molecule has 41 heavy (non-hydrogen) atoms. The van der Waals surface area contributed by atoms with E-state index < -0.39 is 36.1 Å². The van der Waals surface area contributed by atoms with Crippen LogP contribution < -0.4 is 5.73 Å². The molecule has 6 rings (SSSR count). The van der Waals surface area contributed by atoms with Crippen molar-refractivity contribution in [3.63, 3.8) is 0 Å². The fourth-order valence-corrected chi connectivity index (χ4v) is 5.45. The SMILES string of the molecule is CC(=O)O[C@@H]1[C@H](O)[C@H](n2cnc3c(N)ncnc32)O[C@@H]1COC(c1ccccc1)(c1ccccc1)c1ccccc1. The first-order valence-corrected chi connectivity index (χ1v) is 13.2. The van der Waals surface area contributed by atoms with E-state index in [1.165, 1.54) is 19.6 Å². The summed E-state index contributed by atoms with van der Waals surface area (Å²) in [6.45, 7) is 1.27. The minimum absolute atomic E-state index is 0.0199. The predicted octanol–water partition coefficient (Wildman–Crippen LogP) is 3.61. The third-order valence-electron chi connectivity index (χ3n) is 7.28. The second kappa shape index (κ2) is 11.1. The van der Waals surface area contributed by atoms with Crippen LogP contribution in [0.2, 0.25) is 0 Å².